The molecule has 0 aliphatic heterocycles. The van der Waals surface area contributed by atoms with Crippen molar-refractivity contribution in [2.45, 2.75) is 33.2 Å². The summed E-state index contributed by atoms with van der Waals surface area (Å²) in [6.45, 7) is 6.49. The van der Waals surface area contributed by atoms with E-state index in [1.165, 1.54) is 0 Å². The smallest absolute Gasteiger partial charge is 0.251 e. The average molecular weight is 383 g/mol. The number of nitrogens with one attached hydrogen (secondary N) is 1. The minimum Gasteiger partial charge on any atom is -0.493 e. The standard InChI is InChI=1S/C22H23ClN2O2/c1-4-14(3)24-22(26)16-9-10-19-18(12-16)21(27-5-2)13-20(25-19)15-7-6-8-17(23)11-15/h6-14H,4-5H2,1-3H3,(H,24,26)/t14-/m0/s1. The van der Waals surface area contributed by atoms with E-state index in [1.54, 1.807) is 6.07 Å². The number of pyridine rings is 1. The van der Waals surface area contributed by atoms with E-state index >= 15 is 0 Å². The summed E-state index contributed by atoms with van der Waals surface area (Å²) in [5.74, 6) is 0.614. The van der Waals surface area contributed by atoms with Gasteiger partial charge in [0.25, 0.3) is 5.91 Å². The molecule has 1 heterocycles. The Morgan fingerprint density at radius 2 is 2.00 bits per heavy atom. The van der Waals surface area contributed by atoms with Crippen molar-refractivity contribution in [3.8, 4) is 17.0 Å². The number of aromatic nitrogens is 1. The van der Waals surface area contributed by atoms with Crippen LogP contribution in [0.15, 0.2) is 48.5 Å². The Hall–Kier alpha value is -2.59. The second-order valence-electron chi connectivity index (χ2n) is 6.46. The number of halogens is 1. The van der Waals surface area contributed by atoms with E-state index in [1.807, 2.05) is 63.2 Å². The zero-order valence-corrected chi connectivity index (χ0v) is 16.5. The Morgan fingerprint density at radius 3 is 2.70 bits per heavy atom. The number of rotatable bonds is 6. The zero-order chi connectivity index (χ0) is 19.4. The Morgan fingerprint density at radius 1 is 1.19 bits per heavy atom. The molecule has 0 saturated heterocycles. The van der Waals surface area contributed by atoms with Gasteiger partial charge >= 0.3 is 0 Å². The zero-order valence-electron chi connectivity index (χ0n) is 15.8. The topological polar surface area (TPSA) is 51.2 Å². The van der Waals surface area contributed by atoms with Crippen molar-refractivity contribution in [3.05, 3.63) is 59.1 Å². The molecule has 1 aromatic heterocycles. The molecule has 4 nitrogen and oxygen atoms in total. The lowest BCUT2D eigenvalue weighted by Crippen LogP contribution is -2.31. The third kappa shape index (κ3) is 4.40. The van der Waals surface area contributed by atoms with Gasteiger partial charge in [0.15, 0.2) is 0 Å². The van der Waals surface area contributed by atoms with Crippen molar-refractivity contribution in [1.29, 1.82) is 0 Å². The van der Waals surface area contributed by atoms with Gasteiger partial charge in [0.05, 0.1) is 17.8 Å². The second kappa shape index (κ2) is 8.40. The predicted octanol–water partition coefficient (Wildman–Crippen LogP) is 5.48. The highest BCUT2D eigenvalue weighted by atomic mass is 35.5. The Balaban J connectivity index is 2.07. The lowest BCUT2D eigenvalue weighted by molar-refractivity contribution is 0.0939. The van der Waals surface area contributed by atoms with Crippen LogP contribution in [0, 0.1) is 0 Å². The molecular formula is C22H23ClN2O2. The summed E-state index contributed by atoms with van der Waals surface area (Å²) in [6, 6.07) is 15.1. The van der Waals surface area contributed by atoms with Gasteiger partial charge in [0.1, 0.15) is 5.75 Å². The van der Waals surface area contributed by atoms with Crippen LogP contribution in [0.3, 0.4) is 0 Å². The monoisotopic (exact) mass is 382 g/mol. The fraction of sp³-hybridized carbons (Fsp3) is 0.273. The number of carbonyl (C=O) groups is 1. The normalized spacial score (nSPS) is 12.0. The Bertz CT molecular complexity index is 972. The molecule has 0 unspecified atom stereocenters. The van der Waals surface area contributed by atoms with Crippen LogP contribution in [0.1, 0.15) is 37.6 Å². The van der Waals surface area contributed by atoms with Crippen molar-refractivity contribution in [2.24, 2.45) is 0 Å². The summed E-state index contributed by atoms with van der Waals surface area (Å²) in [7, 11) is 0. The molecule has 3 aromatic rings. The van der Waals surface area contributed by atoms with Crippen LogP contribution in [0.25, 0.3) is 22.2 Å². The van der Waals surface area contributed by atoms with Gasteiger partial charge in [-0.3, -0.25) is 4.79 Å². The number of amides is 1. The maximum Gasteiger partial charge on any atom is 0.251 e. The largest absolute Gasteiger partial charge is 0.493 e. The molecule has 27 heavy (non-hydrogen) atoms. The number of nitrogens with zero attached hydrogens (tertiary/aromatic N) is 1. The lowest BCUT2D eigenvalue weighted by Gasteiger charge is -2.14. The van der Waals surface area contributed by atoms with E-state index in [0.717, 1.165) is 28.6 Å². The van der Waals surface area contributed by atoms with E-state index < -0.39 is 0 Å². The van der Waals surface area contributed by atoms with Crippen LogP contribution < -0.4 is 10.1 Å². The van der Waals surface area contributed by atoms with Gasteiger partial charge in [-0.15, -0.1) is 0 Å². The molecule has 1 N–H and O–H groups in total. The van der Waals surface area contributed by atoms with E-state index in [4.69, 9.17) is 21.3 Å². The molecule has 0 spiro atoms. The van der Waals surface area contributed by atoms with Gasteiger partial charge in [-0.2, -0.15) is 0 Å². The highest BCUT2D eigenvalue weighted by Gasteiger charge is 2.13. The molecule has 0 aliphatic rings. The first-order valence-electron chi connectivity index (χ1n) is 9.16. The van der Waals surface area contributed by atoms with Crippen molar-refractivity contribution in [1.82, 2.24) is 10.3 Å². The van der Waals surface area contributed by atoms with Crippen molar-refractivity contribution < 1.29 is 9.53 Å². The van der Waals surface area contributed by atoms with E-state index in [9.17, 15) is 4.79 Å². The molecule has 0 bridgehead atoms. The first kappa shape index (κ1) is 19.2. The molecule has 3 rings (SSSR count). The van der Waals surface area contributed by atoms with Crippen LogP contribution in [-0.2, 0) is 0 Å². The second-order valence-corrected chi connectivity index (χ2v) is 6.90. The number of benzene rings is 2. The molecule has 140 valence electrons. The van der Waals surface area contributed by atoms with Crippen molar-refractivity contribution in [2.75, 3.05) is 6.61 Å². The highest BCUT2D eigenvalue weighted by molar-refractivity contribution is 6.30. The van der Waals surface area contributed by atoms with Gasteiger partial charge in [0.2, 0.25) is 0 Å². The number of carbonyl (C=O) groups excluding carboxylic acids is 1. The van der Waals surface area contributed by atoms with Gasteiger partial charge < -0.3 is 10.1 Å². The Kier molecular flexibility index (Phi) is 5.97. The third-order valence-electron chi connectivity index (χ3n) is 4.44. The van der Waals surface area contributed by atoms with E-state index in [0.29, 0.717) is 22.9 Å². The summed E-state index contributed by atoms with van der Waals surface area (Å²) in [4.78, 5) is 17.2. The van der Waals surface area contributed by atoms with Gasteiger partial charge in [-0.25, -0.2) is 4.98 Å². The SMILES string of the molecule is CCOc1cc(-c2cccc(Cl)c2)nc2ccc(C(=O)N[C@@H](C)CC)cc12. The van der Waals surface area contributed by atoms with Gasteiger partial charge in [-0.1, -0.05) is 30.7 Å². The van der Waals surface area contributed by atoms with Crippen molar-refractivity contribution in [3.63, 3.8) is 0 Å². The molecule has 0 saturated carbocycles. The molecule has 5 heteroatoms. The number of hydrogen-bond donors (Lipinski definition) is 1. The van der Waals surface area contributed by atoms with E-state index in [2.05, 4.69) is 5.32 Å². The minimum absolute atomic E-state index is 0.0902. The molecule has 0 radical (unpaired) electrons. The maximum absolute atomic E-state index is 12.5. The number of ether oxygens (including phenoxy) is 1. The number of fused-ring (bicyclic) bond motifs is 1. The van der Waals surface area contributed by atoms with Crippen LogP contribution >= 0.6 is 11.6 Å². The van der Waals surface area contributed by atoms with Gasteiger partial charge in [-0.05, 0) is 50.6 Å². The Labute approximate surface area is 164 Å². The average Bonchev–Trinajstić information content (AvgIpc) is 2.67. The fourth-order valence-corrected chi connectivity index (χ4v) is 3.01. The third-order valence-corrected chi connectivity index (χ3v) is 4.68. The van der Waals surface area contributed by atoms with E-state index in [-0.39, 0.29) is 11.9 Å². The van der Waals surface area contributed by atoms with Crippen LogP contribution in [0.2, 0.25) is 5.02 Å². The predicted molar refractivity (Wildman–Crippen MR) is 111 cm³/mol. The molecule has 1 amide bonds. The van der Waals surface area contributed by atoms with Gasteiger partial charge in [0, 0.05) is 33.6 Å². The molecular weight excluding hydrogens is 360 g/mol. The molecule has 2 aromatic carbocycles. The lowest BCUT2D eigenvalue weighted by atomic mass is 10.1. The quantitative estimate of drug-likeness (QED) is 0.613. The highest BCUT2D eigenvalue weighted by Crippen LogP contribution is 2.31. The summed E-state index contributed by atoms with van der Waals surface area (Å²) in [5, 5.41) is 4.47. The molecule has 0 aliphatic carbocycles. The molecule has 1 atom stereocenters. The summed E-state index contributed by atoms with van der Waals surface area (Å²) in [6.07, 6.45) is 0.883. The summed E-state index contributed by atoms with van der Waals surface area (Å²) >= 11 is 6.12. The van der Waals surface area contributed by atoms with Crippen LogP contribution in [0.5, 0.6) is 5.75 Å². The van der Waals surface area contributed by atoms with Crippen LogP contribution in [-0.4, -0.2) is 23.5 Å². The first-order chi connectivity index (χ1) is 13.0. The fourth-order valence-electron chi connectivity index (χ4n) is 2.82. The maximum atomic E-state index is 12.5. The number of hydrogen-bond acceptors (Lipinski definition) is 3. The first-order valence-corrected chi connectivity index (χ1v) is 9.54. The molecule has 0 fully saturated rings. The van der Waals surface area contributed by atoms with Crippen molar-refractivity contribution >= 4 is 28.4 Å². The summed E-state index contributed by atoms with van der Waals surface area (Å²) < 4.78 is 5.84. The minimum atomic E-state index is -0.0902. The van der Waals surface area contributed by atoms with Crippen LogP contribution in [0.4, 0.5) is 0 Å². The summed E-state index contributed by atoms with van der Waals surface area (Å²) in [5.41, 5.74) is 3.08.